The lowest BCUT2D eigenvalue weighted by molar-refractivity contribution is 0.0561. The minimum Gasteiger partial charge on any atom is -0.485 e. The number of ether oxygens (including phenoxy) is 2. The molecule has 0 unspecified atom stereocenters. The van der Waals surface area contributed by atoms with Crippen molar-refractivity contribution in [2.24, 2.45) is 10.9 Å². The standard InChI is InChI=1S/C14H14N2O4/c1-18-14(17)13-7-6-11(20-13)9-19-12-5-3-2-4-10(12)8-16-15/h2-8H,9,15H2,1H3. The van der Waals surface area contributed by atoms with Crippen molar-refractivity contribution in [3.63, 3.8) is 0 Å². The second kappa shape index (κ2) is 6.42. The van der Waals surface area contributed by atoms with Gasteiger partial charge in [-0.15, -0.1) is 0 Å². The molecule has 1 aromatic heterocycles. The number of esters is 1. The van der Waals surface area contributed by atoms with E-state index in [9.17, 15) is 4.79 Å². The predicted molar refractivity (Wildman–Crippen MR) is 72.6 cm³/mol. The highest BCUT2D eigenvalue weighted by atomic mass is 16.5. The molecular formula is C14H14N2O4. The van der Waals surface area contributed by atoms with E-state index in [1.165, 1.54) is 19.4 Å². The number of methoxy groups -OCH3 is 1. The van der Waals surface area contributed by atoms with Gasteiger partial charge in [-0.1, -0.05) is 12.1 Å². The molecule has 0 atom stereocenters. The van der Waals surface area contributed by atoms with Gasteiger partial charge in [0.25, 0.3) is 0 Å². The molecule has 104 valence electrons. The van der Waals surface area contributed by atoms with Gasteiger partial charge in [-0.25, -0.2) is 4.79 Å². The number of hydrazone groups is 1. The summed E-state index contributed by atoms with van der Waals surface area (Å²) < 4.78 is 15.5. The second-order valence-electron chi connectivity index (χ2n) is 3.86. The van der Waals surface area contributed by atoms with E-state index in [2.05, 4.69) is 9.84 Å². The maximum absolute atomic E-state index is 11.3. The van der Waals surface area contributed by atoms with Crippen molar-refractivity contribution >= 4 is 12.2 Å². The van der Waals surface area contributed by atoms with E-state index in [1.807, 2.05) is 18.2 Å². The number of benzene rings is 1. The van der Waals surface area contributed by atoms with Gasteiger partial charge in [0, 0.05) is 5.56 Å². The number of para-hydroxylation sites is 1. The molecule has 0 amide bonds. The average Bonchev–Trinajstić information content (AvgIpc) is 2.95. The summed E-state index contributed by atoms with van der Waals surface area (Å²) in [6.07, 6.45) is 1.50. The Balaban J connectivity index is 2.05. The Morgan fingerprint density at radius 2 is 2.15 bits per heavy atom. The molecule has 0 saturated carbocycles. The van der Waals surface area contributed by atoms with Crippen molar-refractivity contribution in [3.05, 3.63) is 53.5 Å². The van der Waals surface area contributed by atoms with Crippen LogP contribution in [-0.4, -0.2) is 19.3 Å². The van der Waals surface area contributed by atoms with Gasteiger partial charge in [-0.05, 0) is 24.3 Å². The number of rotatable bonds is 5. The Bertz CT molecular complexity index is 619. The lowest BCUT2D eigenvalue weighted by Gasteiger charge is -2.06. The zero-order chi connectivity index (χ0) is 14.4. The lowest BCUT2D eigenvalue weighted by Crippen LogP contribution is -2.00. The molecule has 0 fully saturated rings. The zero-order valence-electron chi connectivity index (χ0n) is 10.9. The number of carbonyl (C=O) groups excluding carboxylic acids is 1. The van der Waals surface area contributed by atoms with Crippen LogP contribution in [0.3, 0.4) is 0 Å². The molecule has 1 aromatic carbocycles. The van der Waals surface area contributed by atoms with Crippen LogP contribution >= 0.6 is 0 Å². The van der Waals surface area contributed by atoms with Crippen LogP contribution < -0.4 is 10.6 Å². The summed E-state index contributed by atoms with van der Waals surface area (Å²) >= 11 is 0. The van der Waals surface area contributed by atoms with Crippen LogP contribution in [0.4, 0.5) is 0 Å². The van der Waals surface area contributed by atoms with Crippen LogP contribution in [0.2, 0.25) is 0 Å². The highest BCUT2D eigenvalue weighted by Gasteiger charge is 2.11. The fourth-order valence-electron chi connectivity index (χ4n) is 1.61. The van der Waals surface area contributed by atoms with E-state index in [0.29, 0.717) is 11.5 Å². The van der Waals surface area contributed by atoms with Gasteiger partial charge < -0.3 is 19.7 Å². The maximum atomic E-state index is 11.3. The van der Waals surface area contributed by atoms with Crippen LogP contribution in [0, 0.1) is 0 Å². The number of carbonyl (C=O) groups is 1. The summed E-state index contributed by atoms with van der Waals surface area (Å²) in [5.41, 5.74) is 0.759. The lowest BCUT2D eigenvalue weighted by atomic mass is 10.2. The number of hydrogen-bond donors (Lipinski definition) is 1. The third kappa shape index (κ3) is 3.17. The summed E-state index contributed by atoms with van der Waals surface area (Å²) in [6.45, 7) is 0.187. The van der Waals surface area contributed by atoms with Crippen LogP contribution in [0.25, 0.3) is 0 Å². The van der Waals surface area contributed by atoms with Crippen LogP contribution in [0.1, 0.15) is 21.9 Å². The molecular weight excluding hydrogens is 260 g/mol. The smallest absolute Gasteiger partial charge is 0.373 e. The molecule has 0 aliphatic carbocycles. The van der Waals surface area contributed by atoms with E-state index in [0.717, 1.165) is 5.56 Å². The van der Waals surface area contributed by atoms with Crippen LogP contribution in [0.5, 0.6) is 5.75 Å². The molecule has 6 nitrogen and oxygen atoms in total. The molecule has 0 saturated heterocycles. The SMILES string of the molecule is COC(=O)c1ccc(COc2ccccc2C=NN)o1. The fourth-order valence-corrected chi connectivity index (χ4v) is 1.61. The summed E-state index contributed by atoms with van der Waals surface area (Å²) in [5.74, 6) is 5.89. The minimum atomic E-state index is -0.521. The molecule has 2 rings (SSSR count). The first kappa shape index (κ1) is 13.7. The van der Waals surface area contributed by atoms with Gasteiger partial charge in [0.15, 0.2) is 0 Å². The Hall–Kier alpha value is -2.76. The van der Waals surface area contributed by atoms with E-state index in [1.54, 1.807) is 12.1 Å². The van der Waals surface area contributed by atoms with Crippen LogP contribution in [-0.2, 0) is 11.3 Å². The average molecular weight is 274 g/mol. The predicted octanol–water partition coefficient (Wildman–Crippen LogP) is 1.94. The Labute approximate surface area is 115 Å². The Morgan fingerprint density at radius 3 is 2.90 bits per heavy atom. The molecule has 6 heteroatoms. The maximum Gasteiger partial charge on any atom is 0.373 e. The summed E-state index contributed by atoms with van der Waals surface area (Å²) in [4.78, 5) is 11.3. The normalized spacial score (nSPS) is 10.7. The largest absolute Gasteiger partial charge is 0.485 e. The molecule has 0 aliphatic heterocycles. The summed E-state index contributed by atoms with van der Waals surface area (Å²) in [5, 5.41) is 3.47. The Kier molecular flexibility index (Phi) is 4.39. The van der Waals surface area contributed by atoms with E-state index in [-0.39, 0.29) is 12.4 Å². The van der Waals surface area contributed by atoms with Crippen molar-refractivity contribution in [2.45, 2.75) is 6.61 Å². The second-order valence-corrected chi connectivity index (χ2v) is 3.86. The van der Waals surface area contributed by atoms with Gasteiger partial charge in [-0.2, -0.15) is 5.10 Å². The molecule has 1 heterocycles. The molecule has 2 aromatic rings. The third-order valence-electron chi connectivity index (χ3n) is 2.55. The van der Waals surface area contributed by atoms with Crippen molar-refractivity contribution in [1.82, 2.24) is 0 Å². The first-order chi connectivity index (χ1) is 9.74. The zero-order valence-corrected chi connectivity index (χ0v) is 10.9. The van der Waals surface area contributed by atoms with Crippen LogP contribution in [0.15, 0.2) is 45.9 Å². The third-order valence-corrected chi connectivity index (χ3v) is 2.55. The van der Waals surface area contributed by atoms with Crippen molar-refractivity contribution in [2.75, 3.05) is 7.11 Å². The topological polar surface area (TPSA) is 87.0 Å². The summed E-state index contributed by atoms with van der Waals surface area (Å²) in [6, 6.07) is 10.5. The molecule has 0 aliphatic rings. The van der Waals surface area contributed by atoms with Crippen molar-refractivity contribution < 1.29 is 18.7 Å². The highest BCUT2D eigenvalue weighted by molar-refractivity contribution is 5.86. The molecule has 0 radical (unpaired) electrons. The van der Waals surface area contributed by atoms with Crippen molar-refractivity contribution in [3.8, 4) is 5.75 Å². The van der Waals surface area contributed by atoms with Gasteiger partial charge in [0.05, 0.1) is 13.3 Å². The minimum absolute atomic E-state index is 0.142. The molecule has 0 bridgehead atoms. The molecule has 2 N–H and O–H groups in total. The first-order valence-electron chi connectivity index (χ1n) is 5.86. The Morgan fingerprint density at radius 1 is 1.35 bits per heavy atom. The summed E-state index contributed by atoms with van der Waals surface area (Å²) in [7, 11) is 1.30. The monoisotopic (exact) mass is 274 g/mol. The number of hydrogen-bond acceptors (Lipinski definition) is 6. The van der Waals surface area contributed by atoms with Gasteiger partial charge in [-0.3, -0.25) is 0 Å². The van der Waals surface area contributed by atoms with E-state index >= 15 is 0 Å². The van der Waals surface area contributed by atoms with Gasteiger partial charge in [0.1, 0.15) is 18.1 Å². The number of nitrogens with two attached hydrogens (primary N) is 1. The number of furan rings is 1. The van der Waals surface area contributed by atoms with Gasteiger partial charge in [0.2, 0.25) is 5.76 Å². The highest BCUT2D eigenvalue weighted by Crippen LogP contribution is 2.18. The molecule has 20 heavy (non-hydrogen) atoms. The quantitative estimate of drug-likeness (QED) is 0.389. The van der Waals surface area contributed by atoms with E-state index < -0.39 is 5.97 Å². The van der Waals surface area contributed by atoms with Gasteiger partial charge >= 0.3 is 5.97 Å². The molecule has 0 spiro atoms. The first-order valence-corrected chi connectivity index (χ1v) is 5.86. The van der Waals surface area contributed by atoms with E-state index in [4.69, 9.17) is 15.0 Å². The van der Waals surface area contributed by atoms with Crippen molar-refractivity contribution in [1.29, 1.82) is 0 Å². The number of nitrogens with zero attached hydrogens (tertiary/aromatic N) is 1. The fraction of sp³-hybridized carbons (Fsp3) is 0.143.